The van der Waals surface area contributed by atoms with Crippen LogP contribution in [0.2, 0.25) is 0 Å². The molecule has 1 aromatic rings. The summed E-state index contributed by atoms with van der Waals surface area (Å²) in [7, 11) is -4.30. The van der Waals surface area contributed by atoms with E-state index in [-0.39, 0.29) is 19.1 Å². The third-order valence-corrected chi connectivity index (χ3v) is 5.01. The molecule has 0 unspecified atom stereocenters. The van der Waals surface area contributed by atoms with E-state index in [2.05, 4.69) is 0 Å². The van der Waals surface area contributed by atoms with Crippen LogP contribution in [-0.2, 0) is 10.0 Å². The van der Waals surface area contributed by atoms with Crippen molar-refractivity contribution >= 4 is 10.0 Å². The number of nitrogens with zero attached hydrogens (tertiary/aromatic N) is 1. The van der Waals surface area contributed by atoms with Crippen molar-refractivity contribution in [2.75, 3.05) is 13.1 Å². The highest BCUT2D eigenvalue weighted by atomic mass is 32.2. The second-order valence-corrected chi connectivity index (χ2v) is 6.31. The van der Waals surface area contributed by atoms with Gasteiger partial charge in [-0.15, -0.1) is 0 Å². The Morgan fingerprint density at radius 3 is 2.05 bits per heavy atom. The van der Waals surface area contributed by atoms with Gasteiger partial charge in [-0.1, -0.05) is 0 Å². The Balaban J connectivity index is 2.40. The lowest BCUT2D eigenvalue weighted by molar-refractivity contribution is 0.317. The predicted octanol–water partition coefficient (Wildman–Crippen LogP) is 1.22. The maximum absolute atomic E-state index is 13.5. The highest BCUT2D eigenvalue weighted by Crippen LogP contribution is 2.25. The van der Waals surface area contributed by atoms with Crippen LogP contribution in [0, 0.1) is 17.5 Å². The zero-order chi connectivity index (χ0) is 14.2. The van der Waals surface area contributed by atoms with Crippen LogP contribution in [0.5, 0.6) is 0 Å². The van der Waals surface area contributed by atoms with Gasteiger partial charge in [-0.25, -0.2) is 21.6 Å². The predicted molar refractivity (Wildman–Crippen MR) is 62.3 cm³/mol. The fraction of sp³-hybridized carbons (Fsp3) is 0.455. The van der Waals surface area contributed by atoms with Crippen molar-refractivity contribution < 1.29 is 21.6 Å². The number of hydrogen-bond acceptors (Lipinski definition) is 3. The summed E-state index contributed by atoms with van der Waals surface area (Å²) in [5, 5.41) is 0. The summed E-state index contributed by atoms with van der Waals surface area (Å²) in [5.41, 5.74) is 5.64. The van der Waals surface area contributed by atoms with Gasteiger partial charge in [0.1, 0.15) is 17.5 Å². The Bertz CT molecular complexity index is 561. The molecule has 0 atom stereocenters. The largest absolute Gasteiger partial charge is 0.328 e. The standard InChI is InChI=1S/C11H13F3N2O2S/c12-7-5-9(13)11(10(14)6-7)19(17,18)16-3-1-8(15)2-4-16/h5-6,8H,1-4,15H2. The fourth-order valence-corrected chi connectivity index (χ4v) is 3.58. The van der Waals surface area contributed by atoms with Gasteiger partial charge in [-0.05, 0) is 12.8 Å². The van der Waals surface area contributed by atoms with Crippen molar-refractivity contribution in [1.82, 2.24) is 4.31 Å². The lowest BCUT2D eigenvalue weighted by Crippen LogP contribution is -2.43. The number of nitrogens with two attached hydrogens (primary N) is 1. The van der Waals surface area contributed by atoms with Crippen LogP contribution in [-0.4, -0.2) is 31.9 Å². The molecule has 0 amide bonds. The molecule has 0 aromatic heterocycles. The molecule has 8 heteroatoms. The maximum Gasteiger partial charge on any atom is 0.248 e. The highest BCUT2D eigenvalue weighted by Gasteiger charge is 2.33. The molecular weight excluding hydrogens is 281 g/mol. The van der Waals surface area contributed by atoms with Gasteiger partial charge in [0.2, 0.25) is 10.0 Å². The third-order valence-electron chi connectivity index (χ3n) is 3.06. The van der Waals surface area contributed by atoms with Gasteiger partial charge in [0.05, 0.1) is 0 Å². The van der Waals surface area contributed by atoms with Crippen molar-refractivity contribution in [2.45, 2.75) is 23.8 Å². The Labute approximate surface area is 109 Å². The Kier molecular flexibility index (Phi) is 3.84. The van der Waals surface area contributed by atoms with Crippen molar-refractivity contribution in [1.29, 1.82) is 0 Å². The minimum atomic E-state index is -4.30. The SMILES string of the molecule is NC1CCN(S(=O)(=O)c2c(F)cc(F)cc2F)CC1. The monoisotopic (exact) mass is 294 g/mol. The first kappa shape index (κ1) is 14.3. The summed E-state index contributed by atoms with van der Waals surface area (Å²) >= 11 is 0. The van der Waals surface area contributed by atoms with Crippen molar-refractivity contribution in [3.63, 3.8) is 0 Å². The first-order valence-electron chi connectivity index (χ1n) is 5.72. The molecule has 1 aromatic carbocycles. The summed E-state index contributed by atoms with van der Waals surface area (Å²) in [6.45, 7) is 0.194. The fourth-order valence-electron chi connectivity index (χ4n) is 2.02. The number of piperidine rings is 1. The molecule has 0 spiro atoms. The van der Waals surface area contributed by atoms with Crippen molar-refractivity contribution in [2.24, 2.45) is 5.73 Å². The van der Waals surface area contributed by atoms with Gasteiger partial charge in [-0.2, -0.15) is 4.31 Å². The molecular formula is C11H13F3N2O2S. The smallest absolute Gasteiger partial charge is 0.248 e. The molecule has 106 valence electrons. The minimum Gasteiger partial charge on any atom is -0.328 e. The van der Waals surface area contributed by atoms with E-state index in [0.29, 0.717) is 25.0 Å². The zero-order valence-corrected chi connectivity index (χ0v) is 10.8. The Morgan fingerprint density at radius 1 is 1.11 bits per heavy atom. The van der Waals surface area contributed by atoms with Gasteiger partial charge in [0.25, 0.3) is 0 Å². The van der Waals surface area contributed by atoms with Gasteiger partial charge >= 0.3 is 0 Å². The molecule has 19 heavy (non-hydrogen) atoms. The summed E-state index contributed by atoms with van der Waals surface area (Å²) < 4.78 is 65.1. The van der Waals surface area contributed by atoms with Gasteiger partial charge in [0, 0.05) is 31.3 Å². The third kappa shape index (κ3) is 2.75. The maximum atomic E-state index is 13.5. The molecule has 0 bridgehead atoms. The van der Waals surface area contributed by atoms with Crippen LogP contribution in [0.15, 0.2) is 17.0 Å². The lowest BCUT2D eigenvalue weighted by atomic mass is 10.1. The molecule has 0 radical (unpaired) electrons. The molecule has 2 rings (SSSR count). The normalized spacial score (nSPS) is 18.7. The van der Waals surface area contributed by atoms with Crippen molar-refractivity contribution in [3.8, 4) is 0 Å². The molecule has 0 saturated carbocycles. The van der Waals surface area contributed by atoms with Crippen LogP contribution in [0.3, 0.4) is 0 Å². The average Bonchev–Trinajstić information content (AvgIpc) is 2.27. The van der Waals surface area contributed by atoms with Gasteiger partial charge in [0.15, 0.2) is 4.90 Å². The van der Waals surface area contributed by atoms with Crippen LogP contribution >= 0.6 is 0 Å². The minimum absolute atomic E-state index is 0.0970. The van der Waals surface area contributed by atoms with E-state index in [4.69, 9.17) is 5.73 Å². The van der Waals surface area contributed by atoms with E-state index in [1.54, 1.807) is 0 Å². The summed E-state index contributed by atoms with van der Waals surface area (Å²) in [5.74, 6) is -4.01. The van der Waals surface area contributed by atoms with Gasteiger partial charge in [-0.3, -0.25) is 0 Å². The van der Waals surface area contributed by atoms with E-state index in [0.717, 1.165) is 4.31 Å². The van der Waals surface area contributed by atoms with Crippen LogP contribution in [0.4, 0.5) is 13.2 Å². The summed E-state index contributed by atoms with van der Waals surface area (Å²) in [6.07, 6.45) is 0.841. The van der Waals surface area contributed by atoms with Crippen LogP contribution < -0.4 is 5.73 Å². The molecule has 4 nitrogen and oxygen atoms in total. The van der Waals surface area contributed by atoms with E-state index in [9.17, 15) is 21.6 Å². The second kappa shape index (κ2) is 5.10. The lowest BCUT2D eigenvalue weighted by Gasteiger charge is -2.29. The van der Waals surface area contributed by atoms with Crippen LogP contribution in [0.25, 0.3) is 0 Å². The molecule has 1 heterocycles. The Hall–Kier alpha value is -1.12. The first-order valence-corrected chi connectivity index (χ1v) is 7.16. The zero-order valence-electron chi connectivity index (χ0n) is 9.94. The second-order valence-electron chi connectivity index (χ2n) is 4.44. The first-order chi connectivity index (χ1) is 8.82. The summed E-state index contributed by atoms with van der Waals surface area (Å²) in [6, 6.07) is 0.589. The molecule has 1 aliphatic rings. The van der Waals surface area contributed by atoms with Crippen molar-refractivity contribution in [3.05, 3.63) is 29.6 Å². The molecule has 1 fully saturated rings. The molecule has 0 aliphatic carbocycles. The highest BCUT2D eigenvalue weighted by molar-refractivity contribution is 7.89. The van der Waals surface area contributed by atoms with E-state index < -0.39 is 32.4 Å². The average molecular weight is 294 g/mol. The number of benzene rings is 1. The van der Waals surface area contributed by atoms with E-state index >= 15 is 0 Å². The molecule has 2 N–H and O–H groups in total. The number of rotatable bonds is 2. The number of halogens is 3. The van der Waals surface area contributed by atoms with Gasteiger partial charge < -0.3 is 5.73 Å². The Morgan fingerprint density at radius 2 is 1.58 bits per heavy atom. The molecule has 1 aliphatic heterocycles. The molecule has 1 saturated heterocycles. The summed E-state index contributed by atoms with van der Waals surface area (Å²) in [4.78, 5) is -1.11. The van der Waals surface area contributed by atoms with E-state index in [1.165, 1.54) is 0 Å². The topological polar surface area (TPSA) is 63.4 Å². The quantitative estimate of drug-likeness (QED) is 0.892. The number of hydrogen-bond donors (Lipinski definition) is 1. The van der Waals surface area contributed by atoms with E-state index in [1.807, 2.05) is 0 Å². The number of sulfonamides is 1. The van der Waals surface area contributed by atoms with Crippen LogP contribution in [0.1, 0.15) is 12.8 Å².